The van der Waals surface area contributed by atoms with E-state index in [2.05, 4.69) is 16.0 Å². The lowest BCUT2D eigenvalue weighted by molar-refractivity contribution is -0.131. The molecule has 4 aliphatic rings. The predicted molar refractivity (Wildman–Crippen MR) is 161 cm³/mol. The molecule has 0 saturated carbocycles. The van der Waals surface area contributed by atoms with Crippen molar-refractivity contribution in [3.05, 3.63) is 96.3 Å². The Bertz CT molecular complexity index is 1780. The summed E-state index contributed by atoms with van der Waals surface area (Å²) in [5, 5.41) is 0. The molecule has 2 saturated heterocycles. The molecule has 42 heavy (non-hydrogen) atoms. The number of H-pyrrole nitrogens is 1. The summed E-state index contributed by atoms with van der Waals surface area (Å²) >= 11 is 0. The maximum atomic E-state index is 13.6. The molecule has 1 aliphatic carbocycles. The number of carbonyl (C=O) groups is 2. The van der Waals surface area contributed by atoms with E-state index >= 15 is 0 Å². The monoisotopic (exact) mass is 557 g/mol. The van der Waals surface area contributed by atoms with Crippen LogP contribution in [-0.4, -0.2) is 78.9 Å². The van der Waals surface area contributed by atoms with E-state index in [9.17, 15) is 9.59 Å². The van der Waals surface area contributed by atoms with Crippen LogP contribution in [0.25, 0.3) is 22.3 Å². The van der Waals surface area contributed by atoms with Crippen LogP contribution in [0, 0.1) is 11.8 Å². The minimum atomic E-state index is -0.438. The number of imidazole rings is 2. The molecule has 0 radical (unpaired) electrons. The second-order valence-corrected chi connectivity index (χ2v) is 11.7. The number of aromatic nitrogens is 4. The molecule has 3 unspecified atom stereocenters. The molecule has 8 rings (SSSR count). The Hall–Kier alpha value is -4.79. The molecular weight excluding hydrogens is 526 g/mol. The third-order valence-electron chi connectivity index (χ3n) is 8.97. The number of pyridine rings is 1. The molecule has 4 aromatic rings. The molecule has 6 heterocycles. The molecule has 9 heteroatoms. The summed E-state index contributed by atoms with van der Waals surface area (Å²) in [4.78, 5) is 48.6. The van der Waals surface area contributed by atoms with E-state index in [0.717, 1.165) is 46.4 Å². The SMILES string of the molecule is O=C(C1=CC(c2cn3ccccc3n2)=CCC1)N1CC2CN(C(=O)C3CC=CC(c4nc5ccccc5[nH]4)=N3)CC2C1. The number of hydrogen-bond donors (Lipinski definition) is 1. The summed E-state index contributed by atoms with van der Waals surface area (Å²) in [6.07, 6.45) is 14.3. The lowest BCUT2D eigenvalue weighted by atomic mass is 9.97. The van der Waals surface area contributed by atoms with E-state index in [1.165, 1.54) is 0 Å². The molecule has 1 aromatic carbocycles. The second-order valence-electron chi connectivity index (χ2n) is 11.7. The third kappa shape index (κ3) is 4.36. The van der Waals surface area contributed by atoms with Gasteiger partial charge in [-0.25, -0.2) is 9.97 Å². The van der Waals surface area contributed by atoms with Crippen molar-refractivity contribution in [1.29, 1.82) is 0 Å². The molecule has 1 N–H and O–H groups in total. The first-order chi connectivity index (χ1) is 20.6. The first kappa shape index (κ1) is 25.0. The van der Waals surface area contributed by atoms with Crippen LogP contribution in [0.3, 0.4) is 0 Å². The molecule has 9 nitrogen and oxygen atoms in total. The molecular formula is C33H31N7O2. The molecule has 210 valence electrons. The van der Waals surface area contributed by atoms with Crippen LogP contribution < -0.4 is 0 Å². The second kappa shape index (κ2) is 9.94. The van der Waals surface area contributed by atoms with Gasteiger partial charge in [0.2, 0.25) is 11.8 Å². The number of carbonyl (C=O) groups excluding carboxylic acids is 2. The van der Waals surface area contributed by atoms with Crippen molar-refractivity contribution >= 4 is 39.8 Å². The number of rotatable bonds is 4. The van der Waals surface area contributed by atoms with Gasteiger partial charge in [-0.15, -0.1) is 0 Å². The fourth-order valence-electron chi connectivity index (χ4n) is 6.82. The summed E-state index contributed by atoms with van der Waals surface area (Å²) in [5.74, 6) is 1.47. The first-order valence-corrected chi connectivity index (χ1v) is 14.7. The first-order valence-electron chi connectivity index (χ1n) is 14.7. The van der Waals surface area contributed by atoms with Crippen LogP contribution in [0.5, 0.6) is 0 Å². The van der Waals surface area contributed by atoms with Gasteiger partial charge in [0.15, 0.2) is 5.82 Å². The minimum absolute atomic E-state index is 0.0671. The number of nitrogens with zero attached hydrogens (tertiary/aromatic N) is 6. The zero-order valence-electron chi connectivity index (χ0n) is 23.2. The van der Waals surface area contributed by atoms with Crippen molar-refractivity contribution in [3.8, 4) is 0 Å². The largest absolute Gasteiger partial charge is 0.340 e. The zero-order valence-corrected chi connectivity index (χ0v) is 23.2. The number of likely N-dealkylation sites (tertiary alicyclic amines) is 2. The molecule has 3 atom stereocenters. The summed E-state index contributed by atoms with van der Waals surface area (Å²) in [6, 6.07) is 13.4. The van der Waals surface area contributed by atoms with Crippen molar-refractivity contribution in [2.75, 3.05) is 26.2 Å². The zero-order chi connectivity index (χ0) is 28.2. The maximum Gasteiger partial charge on any atom is 0.249 e. The Morgan fingerprint density at radius 2 is 1.74 bits per heavy atom. The number of allylic oxidation sites excluding steroid dienone is 4. The van der Waals surface area contributed by atoms with Crippen LogP contribution in [0.1, 0.15) is 30.8 Å². The van der Waals surface area contributed by atoms with Gasteiger partial charge in [-0.3, -0.25) is 14.6 Å². The van der Waals surface area contributed by atoms with Crippen molar-refractivity contribution in [1.82, 2.24) is 29.2 Å². The number of aliphatic imine (C=N–C) groups is 1. The van der Waals surface area contributed by atoms with E-state index in [1.807, 2.05) is 87.3 Å². The van der Waals surface area contributed by atoms with Gasteiger partial charge in [-0.1, -0.05) is 30.4 Å². The average Bonchev–Trinajstić information content (AvgIpc) is 3.82. The predicted octanol–water partition coefficient (Wildman–Crippen LogP) is 4.05. The van der Waals surface area contributed by atoms with Gasteiger partial charge in [-0.2, -0.15) is 0 Å². The van der Waals surface area contributed by atoms with Gasteiger partial charge >= 0.3 is 0 Å². The smallest absolute Gasteiger partial charge is 0.249 e. The fraction of sp³-hybridized carbons (Fsp3) is 0.303. The number of fused-ring (bicyclic) bond motifs is 3. The van der Waals surface area contributed by atoms with Gasteiger partial charge < -0.3 is 19.2 Å². The number of nitrogens with one attached hydrogen (secondary N) is 1. The highest BCUT2D eigenvalue weighted by molar-refractivity contribution is 6.09. The Labute approximate surface area is 243 Å². The van der Waals surface area contributed by atoms with E-state index in [-0.39, 0.29) is 11.8 Å². The van der Waals surface area contributed by atoms with Gasteiger partial charge in [-0.05, 0) is 61.3 Å². The number of aromatic amines is 1. The maximum absolute atomic E-state index is 13.6. The highest BCUT2D eigenvalue weighted by Crippen LogP contribution is 2.34. The van der Waals surface area contributed by atoms with Gasteiger partial charge in [0, 0.05) is 56.0 Å². The molecule has 3 aliphatic heterocycles. The van der Waals surface area contributed by atoms with Gasteiger partial charge in [0.05, 0.1) is 16.7 Å². The van der Waals surface area contributed by atoms with Crippen LogP contribution in [-0.2, 0) is 9.59 Å². The number of para-hydroxylation sites is 2. The van der Waals surface area contributed by atoms with Crippen LogP contribution >= 0.6 is 0 Å². The summed E-state index contributed by atoms with van der Waals surface area (Å²) < 4.78 is 2.00. The van der Waals surface area contributed by atoms with Crippen molar-refractivity contribution in [3.63, 3.8) is 0 Å². The highest BCUT2D eigenvalue weighted by Gasteiger charge is 2.44. The molecule has 0 spiro atoms. The lowest BCUT2D eigenvalue weighted by Crippen LogP contribution is -2.40. The number of hydrogen-bond acceptors (Lipinski definition) is 5. The van der Waals surface area contributed by atoms with E-state index in [0.29, 0.717) is 56.0 Å². The third-order valence-corrected chi connectivity index (χ3v) is 8.97. The Morgan fingerprint density at radius 1 is 0.929 bits per heavy atom. The summed E-state index contributed by atoms with van der Waals surface area (Å²) in [6.45, 7) is 2.73. The standard InChI is InChI=1S/C33H31N7O2/c41-32(22-8-5-7-21(15-22)29-20-38-14-4-3-13-30(38)35-29)39-16-23-18-40(19-24(23)17-39)33(42)28-12-6-11-27(34-28)31-36-25-9-1-2-10-26(25)37-31/h1-4,6-7,9-11,13-15,20,23-24,28H,5,8,12,16-19H2,(H,36,37). The fourth-order valence-corrected chi connectivity index (χ4v) is 6.82. The molecule has 0 bridgehead atoms. The Morgan fingerprint density at radius 3 is 2.57 bits per heavy atom. The molecule has 3 aromatic heterocycles. The van der Waals surface area contributed by atoms with Crippen LogP contribution in [0.4, 0.5) is 0 Å². The van der Waals surface area contributed by atoms with Crippen LogP contribution in [0.2, 0.25) is 0 Å². The molecule has 2 fully saturated rings. The van der Waals surface area contributed by atoms with E-state index < -0.39 is 6.04 Å². The Balaban J connectivity index is 0.919. The topological polar surface area (TPSA) is 99.0 Å². The van der Waals surface area contributed by atoms with Crippen molar-refractivity contribution < 1.29 is 9.59 Å². The lowest BCUT2D eigenvalue weighted by Gasteiger charge is -2.26. The van der Waals surface area contributed by atoms with Gasteiger partial charge in [0.25, 0.3) is 0 Å². The van der Waals surface area contributed by atoms with Crippen LogP contribution in [0.15, 0.2) is 89.7 Å². The van der Waals surface area contributed by atoms with Crippen molar-refractivity contribution in [2.45, 2.75) is 25.3 Å². The van der Waals surface area contributed by atoms with E-state index in [1.54, 1.807) is 0 Å². The minimum Gasteiger partial charge on any atom is -0.340 e. The number of amides is 2. The molecule has 2 amide bonds. The van der Waals surface area contributed by atoms with Gasteiger partial charge in [0.1, 0.15) is 17.4 Å². The normalized spacial score (nSPS) is 23.7. The average molecular weight is 558 g/mol. The summed E-state index contributed by atoms with van der Waals surface area (Å²) in [7, 11) is 0. The van der Waals surface area contributed by atoms with Crippen molar-refractivity contribution in [2.24, 2.45) is 16.8 Å². The number of benzene rings is 1. The quantitative estimate of drug-likeness (QED) is 0.409. The highest BCUT2D eigenvalue weighted by atomic mass is 16.2. The Kier molecular flexibility index (Phi) is 5.91. The van der Waals surface area contributed by atoms with E-state index in [4.69, 9.17) is 9.98 Å². The summed E-state index contributed by atoms with van der Waals surface area (Å²) in [5.41, 5.74) is 6.19. The number of dihydropyridines is 1.